The maximum atomic E-state index is 12.5. The van der Waals surface area contributed by atoms with E-state index in [4.69, 9.17) is 4.74 Å². The SMILES string of the molecule is COC(=O)c1cccc(Cn2cnc3sc(C)cc3c2=O)c1. The Morgan fingerprint density at radius 3 is 2.95 bits per heavy atom. The van der Waals surface area contributed by atoms with Gasteiger partial charge in [-0.05, 0) is 30.7 Å². The number of carbonyl (C=O) groups is 1. The van der Waals surface area contributed by atoms with Gasteiger partial charge in [-0.25, -0.2) is 9.78 Å². The van der Waals surface area contributed by atoms with Gasteiger partial charge in [-0.2, -0.15) is 0 Å². The van der Waals surface area contributed by atoms with E-state index in [1.165, 1.54) is 18.4 Å². The van der Waals surface area contributed by atoms with Crippen LogP contribution in [0.15, 0.2) is 41.5 Å². The number of benzene rings is 1. The van der Waals surface area contributed by atoms with Gasteiger partial charge in [0.25, 0.3) is 5.56 Å². The fourth-order valence-electron chi connectivity index (χ4n) is 2.30. The van der Waals surface area contributed by atoms with E-state index in [9.17, 15) is 9.59 Å². The molecule has 0 unspecified atom stereocenters. The smallest absolute Gasteiger partial charge is 0.337 e. The largest absolute Gasteiger partial charge is 0.465 e. The lowest BCUT2D eigenvalue weighted by molar-refractivity contribution is 0.0600. The summed E-state index contributed by atoms with van der Waals surface area (Å²) in [6.07, 6.45) is 1.55. The summed E-state index contributed by atoms with van der Waals surface area (Å²) in [5.41, 5.74) is 1.24. The van der Waals surface area contributed by atoms with E-state index >= 15 is 0 Å². The lowest BCUT2D eigenvalue weighted by Gasteiger charge is -2.07. The Kier molecular flexibility index (Phi) is 3.77. The van der Waals surface area contributed by atoms with E-state index in [-0.39, 0.29) is 5.56 Å². The third-order valence-electron chi connectivity index (χ3n) is 3.34. The molecule has 0 saturated heterocycles. The van der Waals surface area contributed by atoms with Gasteiger partial charge in [0, 0.05) is 4.88 Å². The molecule has 2 aromatic heterocycles. The number of hydrogen-bond donors (Lipinski definition) is 0. The number of hydrogen-bond acceptors (Lipinski definition) is 5. The maximum Gasteiger partial charge on any atom is 0.337 e. The van der Waals surface area contributed by atoms with E-state index in [2.05, 4.69) is 4.98 Å². The summed E-state index contributed by atoms with van der Waals surface area (Å²) in [6.45, 7) is 2.32. The quantitative estimate of drug-likeness (QED) is 0.697. The van der Waals surface area contributed by atoms with Crippen LogP contribution in [-0.2, 0) is 11.3 Å². The Balaban J connectivity index is 1.98. The van der Waals surface area contributed by atoms with Crippen molar-refractivity contribution in [2.75, 3.05) is 7.11 Å². The fourth-order valence-corrected chi connectivity index (χ4v) is 3.14. The lowest BCUT2D eigenvalue weighted by atomic mass is 10.1. The Bertz CT molecular complexity index is 911. The molecule has 0 aliphatic carbocycles. The molecule has 0 aliphatic rings. The van der Waals surface area contributed by atoms with Crippen LogP contribution >= 0.6 is 11.3 Å². The van der Waals surface area contributed by atoms with Crippen molar-refractivity contribution in [3.63, 3.8) is 0 Å². The molecule has 2 heterocycles. The summed E-state index contributed by atoms with van der Waals surface area (Å²) in [6, 6.07) is 8.90. The number of carbonyl (C=O) groups excluding carboxylic acids is 1. The molecule has 6 heteroatoms. The van der Waals surface area contributed by atoms with E-state index in [0.29, 0.717) is 17.5 Å². The number of thiophene rings is 1. The Hall–Kier alpha value is -2.47. The molecule has 5 nitrogen and oxygen atoms in total. The molecule has 0 bridgehead atoms. The molecule has 0 spiro atoms. The fraction of sp³-hybridized carbons (Fsp3) is 0.188. The molecule has 112 valence electrons. The predicted molar refractivity (Wildman–Crippen MR) is 85.5 cm³/mol. The van der Waals surface area contributed by atoms with Gasteiger partial charge < -0.3 is 4.74 Å². The van der Waals surface area contributed by atoms with E-state index in [1.54, 1.807) is 29.1 Å². The number of methoxy groups -OCH3 is 1. The minimum Gasteiger partial charge on any atom is -0.465 e. The molecule has 3 aromatic rings. The minimum atomic E-state index is -0.392. The van der Waals surface area contributed by atoms with Gasteiger partial charge in [0.05, 0.1) is 30.9 Å². The van der Waals surface area contributed by atoms with E-state index in [0.717, 1.165) is 15.3 Å². The monoisotopic (exact) mass is 314 g/mol. The molecule has 0 aliphatic heterocycles. The van der Waals surface area contributed by atoms with Gasteiger partial charge in [-0.1, -0.05) is 12.1 Å². The summed E-state index contributed by atoms with van der Waals surface area (Å²) in [5, 5.41) is 0.633. The highest BCUT2D eigenvalue weighted by Gasteiger charge is 2.09. The number of nitrogens with zero attached hydrogens (tertiary/aromatic N) is 2. The van der Waals surface area contributed by atoms with Gasteiger partial charge in [0.2, 0.25) is 0 Å². The number of rotatable bonds is 3. The van der Waals surface area contributed by atoms with Crippen LogP contribution in [0.3, 0.4) is 0 Å². The van der Waals surface area contributed by atoms with Gasteiger partial charge >= 0.3 is 5.97 Å². The van der Waals surface area contributed by atoms with Gasteiger partial charge in [0.1, 0.15) is 4.83 Å². The first-order valence-electron chi connectivity index (χ1n) is 6.71. The summed E-state index contributed by atoms with van der Waals surface area (Å²) in [5.74, 6) is -0.392. The second-order valence-electron chi connectivity index (χ2n) is 4.95. The van der Waals surface area contributed by atoms with Crippen molar-refractivity contribution in [1.29, 1.82) is 0 Å². The van der Waals surface area contributed by atoms with Gasteiger partial charge in [-0.3, -0.25) is 9.36 Å². The van der Waals surface area contributed by atoms with Crippen molar-refractivity contribution in [3.05, 3.63) is 63.0 Å². The second-order valence-corrected chi connectivity index (χ2v) is 6.18. The molecule has 0 fully saturated rings. The average Bonchev–Trinajstić information content (AvgIpc) is 2.91. The van der Waals surface area contributed by atoms with Gasteiger partial charge in [0.15, 0.2) is 0 Å². The molecule has 0 radical (unpaired) electrons. The molecule has 0 N–H and O–H groups in total. The van der Waals surface area contributed by atoms with Crippen molar-refractivity contribution in [2.45, 2.75) is 13.5 Å². The molecule has 3 rings (SSSR count). The van der Waals surface area contributed by atoms with Crippen LogP contribution < -0.4 is 5.56 Å². The Labute approximate surface area is 130 Å². The molecule has 0 atom stereocenters. The molecule has 0 amide bonds. The maximum absolute atomic E-state index is 12.5. The molecule has 1 aromatic carbocycles. The first kappa shape index (κ1) is 14.5. The Morgan fingerprint density at radius 1 is 1.36 bits per heavy atom. The summed E-state index contributed by atoms with van der Waals surface area (Å²) < 4.78 is 6.25. The molecule has 22 heavy (non-hydrogen) atoms. The lowest BCUT2D eigenvalue weighted by Crippen LogP contribution is -2.20. The molecule has 0 saturated carbocycles. The third kappa shape index (κ3) is 2.65. The van der Waals surface area contributed by atoms with Crippen molar-refractivity contribution in [2.24, 2.45) is 0 Å². The number of esters is 1. The number of fused-ring (bicyclic) bond motifs is 1. The second kappa shape index (κ2) is 5.73. The van der Waals surface area contributed by atoms with Crippen LogP contribution in [0.1, 0.15) is 20.8 Å². The zero-order chi connectivity index (χ0) is 15.7. The number of ether oxygens (including phenoxy) is 1. The first-order chi connectivity index (χ1) is 10.6. The zero-order valence-electron chi connectivity index (χ0n) is 12.2. The van der Waals surface area contributed by atoms with E-state index < -0.39 is 5.97 Å². The number of aryl methyl sites for hydroxylation is 1. The highest BCUT2D eigenvalue weighted by Crippen LogP contribution is 2.19. The van der Waals surface area contributed by atoms with Crippen LogP contribution in [0.25, 0.3) is 10.2 Å². The highest BCUT2D eigenvalue weighted by molar-refractivity contribution is 7.18. The highest BCUT2D eigenvalue weighted by atomic mass is 32.1. The topological polar surface area (TPSA) is 61.2 Å². The van der Waals surface area contributed by atoms with Crippen LogP contribution in [0.2, 0.25) is 0 Å². The summed E-state index contributed by atoms with van der Waals surface area (Å²) in [7, 11) is 1.34. The number of aromatic nitrogens is 2. The zero-order valence-corrected chi connectivity index (χ0v) is 13.0. The molecular formula is C16H14N2O3S. The van der Waals surface area contributed by atoms with Gasteiger partial charge in [-0.15, -0.1) is 11.3 Å². The average molecular weight is 314 g/mol. The minimum absolute atomic E-state index is 0.0715. The van der Waals surface area contributed by atoms with Crippen molar-refractivity contribution < 1.29 is 9.53 Å². The Morgan fingerprint density at radius 2 is 2.18 bits per heavy atom. The van der Waals surface area contributed by atoms with Crippen molar-refractivity contribution in [3.8, 4) is 0 Å². The van der Waals surface area contributed by atoms with Crippen LogP contribution in [0, 0.1) is 6.92 Å². The summed E-state index contributed by atoms with van der Waals surface area (Å²) >= 11 is 1.51. The van der Waals surface area contributed by atoms with Crippen LogP contribution in [0.5, 0.6) is 0 Å². The predicted octanol–water partition coefficient (Wildman–Crippen LogP) is 2.60. The summed E-state index contributed by atoms with van der Waals surface area (Å²) in [4.78, 5) is 30.2. The van der Waals surface area contributed by atoms with E-state index in [1.807, 2.05) is 19.1 Å². The molecular weight excluding hydrogens is 300 g/mol. The van der Waals surface area contributed by atoms with Crippen molar-refractivity contribution >= 4 is 27.5 Å². The normalized spacial score (nSPS) is 10.8. The van der Waals surface area contributed by atoms with Crippen molar-refractivity contribution in [1.82, 2.24) is 9.55 Å². The van der Waals surface area contributed by atoms with Crippen LogP contribution in [0.4, 0.5) is 0 Å². The third-order valence-corrected chi connectivity index (χ3v) is 4.30. The standard InChI is InChI=1S/C16H14N2O3S/c1-10-6-13-14(22-10)17-9-18(15(13)19)8-11-4-3-5-12(7-11)16(20)21-2/h3-7,9H,8H2,1-2H3. The van der Waals surface area contributed by atoms with Crippen LogP contribution in [-0.4, -0.2) is 22.6 Å². The first-order valence-corrected chi connectivity index (χ1v) is 7.53.